The quantitative estimate of drug-likeness (QED) is 0.532. The third kappa shape index (κ3) is 2.59. The Morgan fingerprint density at radius 3 is 2.43 bits per heavy atom. The molecule has 1 aromatic carbocycles. The first-order valence-electron chi connectivity index (χ1n) is 3.20. The third-order valence-corrected chi connectivity index (χ3v) is 4.22. The highest BCUT2D eigenvalue weighted by Crippen LogP contribution is 2.27. The van der Waals surface area contributed by atoms with Crippen LogP contribution in [0.1, 0.15) is 5.56 Å². The van der Waals surface area contributed by atoms with Gasteiger partial charge in [-0.1, -0.05) is 0 Å². The van der Waals surface area contributed by atoms with Crippen molar-refractivity contribution in [1.29, 1.82) is 5.26 Å². The Morgan fingerprint density at radius 2 is 2.07 bits per heavy atom. The van der Waals surface area contributed by atoms with E-state index < -0.39 is 9.05 Å². The molecule has 0 aliphatic heterocycles. The van der Waals surface area contributed by atoms with Crippen molar-refractivity contribution in [2.45, 2.75) is 4.90 Å². The van der Waals surface area contributed by atoms with Gasteiger partial charge in [0.2, 0.25) is 0 Å². The zero-order valence-electron chi connectivity index (χ0n) is 6.46. The molecule has 74 valence electrons. The molecule has 1 aromatic rings. The van der Waals surface area contributed by atoms with Crippen molar-refractivity contribution in [3.63, 3.8) is 0 Å². The first kappa shape index (κ1) is 12.2. The van der Waals surface area contributed by atoms with Crippen LogP contribution in [0.5, 0.6) is 0 Å². The first-order chi connectivity index (χ1) is 6.36. The number of nitriles is 1. The lowest BCUT2D eigenvalue weighted by Gasteiger charge is -2.01. The summed E-state index contributed by atoms with van der Waals surface area (Å²) in [5.74, 6) is 0. The van der Waals surface area contributed by atoms with E-state index in [4.69, 9.17) is 15.9 Å². The average Bonchev–Trinajstić information content (AvgIpc) is 2.01. The van der Waals surface area contributed by atoms with Crippen LogP contribution in [0, 0.1) is 14.9 Å². The zero-order chi connectivity index (χ0) is 10.9. The van der Waals surface area contributed by atoms with Crippen molar-refractivity contribution in [3.05, 3.63) is 25.7 Å². The molecular formula is C7H2BrClINO2S. The molecule has 0 saturated heterocycles. The smallest absolute Gasteiger partial charge is 0.207 e. The lowest BCUT2D eigenvalue weighted by Crippen LogP contribution is -1.94. The molecule has 0 heterocycles. The standard InChI is InChI=1S/C7H2BrClINO2S/c8-6-1-4(14(9,12)13)2-7(10)5(6)3-11/h1-2H. The molecule has 0 fully saturated rings. The van der Waals surface area contributed by atoms with Crippen molar-refractivity contribution in [1.82, 2.24) is 0 Å². The van der Waals surface area contributed by atoms with Crippen LogP contribution >= 0.6 is 49.2 Å². The largest absolute Gasteiger partial charge is 0.261 e. The topological polar surface area (TPSA) is 57.9 Å². The van der Waals surface area contributed by atoms with Crippen molar-refractivity contribution in [2.24, 2.45) is 0 Å². The Morgan fingerprint density at radius 1 is 1.50 bits per heavy atom. The molecule has 1 rings (SSSR count). The van der Waals surface area contributed by atoms with Crippen LogP contribution in [0.4, 0.5) is 0 Å². The molecule has 0 aromatic heterocycles. The molecule has 7 heteroatoms. The lowest BCUT2D eigenvalue weighted by molar-refractivity contribution is 0.609. The number of rotatable bonds is 1. The van der Waals surface area contributed by atoms with Gasteiger partial charge in [-0.25, -0.2) is 8.42 Å². The normalized spacial score (nSPS) is 11.0. The Kier molecular flexibility index (Phi) is 3.80. The maximum atomic E-state index is 11.0. The van der Waals surface area contributed by atoms with Gasteiger partial charge in [0.25, 0.3) is 9.05 Å². The van der Waals surface area contributed by atoms with E-state index in [1.54, 1.807) is 0 Å². The monoisotopic (exact) mass is 405 g/mol. The summed E-state index contributed by atoms with van der Waals surface area (Å²) in [6, 6.07) is 4.61. The van der Waals surface area contributed by atoms with Gasteiger partial charge in [0.05, 0.1) is 10.5 Å². The van der Waals surface area contributed by atoms with Gasteiger partial charge in [-0.15, -0.1) is 0 Å². The fourth-order valence-electron chi connectivity index (χ4n) is 0.797. The fraction of sp³-hybridized carbons (Fsp3) is 0. The minimum atomic E-state index is -3.74. The van der Waals surface area contributed by atoms with Crippen molar-refractivity contribution < 1.29 is 8.42 Å². The van der Waals surface area contributed by atoms with E-state index in [9.17, 15) is 8.42 Å². The summed E-state index contributed by atoms with van der Waals surface area (Å²) in [4.78, 5) is -0.0190. The SMILES string of the molecule is N#Cc1c(Br)cc(S(=O)(=O)Cl)cc1I. The van der Waals surface area contributed by atoms with Gasteiger partial charge in [-0.05, 0) is 50.7 Å². The second-order valence-electron chi connectivity index (χ2n) is 2.31. The molecule has 0 radical (unpaired) electrons. The summed E-state index contributed by atoms with van der Waals surface area (Å²) in [7, 11) is 1.42. The van der Waals surface area contributed by atoms with Gasteiger partial charge in [0.15, 0.2) is 0 Å². The van der Waals surface area contributed by atoms with Crippen LogP contribution < -0.4 is 0 Å². The maximum Gasteiger partial charge on any atom is 0.261 e. The minimum absolute atomic E-state index is 0.0190. The number of halogens is 3. The van der Waals surface area contributed by atoms with Gasteiger partial charge in [-0.2, -0.15) is 5.26 Å². The van der Waals surface area contributed by atoms with Gasteiger partial charge < -0.3 is 0 Å². The predicted octanol–water partition coefficient (Wildman–Crippen LogP) is 2.85. The third-order valence-electron chi connectivity index (χ3n) is 1.41. The minimum Gasteiger partial charge on any atom is -0.207 e. The molecule has 14 heavy (non-hydrogen) atoms. The molecule has 3 nitrogen and oxygen atoms in total. The molecule has 0 unspecified atom stereocenters. The van der Waals surface area contributed by atoms with E-state index in [-0.39, 0.29) is 4.90 Å². The van der Waals surface area contributed by atoms with Crippen LogP contribution in [0.15, 0.2) is 21.5 Å². The zero-order valence-corrected chi connectivity index (χ0v) is 11.8. The van der Waals surface area contributed by atoms with Crippen LogP contribution in [0.25, 0.3) is 0 Å². The van der Waals surface area contributed by atoms with Crippen LogP contribution in [-0.2, 0) is 9.05 Å². The van der Waals surface area contributed by atoms with Gasteiger partial charge >= 0.3 is 0 Å². The van der Waals surface area contributed by atoms with Crippen LogP contribution in [0.2, 0.25) is 0 Å². The summed E-state index contributed by atoms with van der Waals surface area (Å²) in [6.07, 6.45) is 0. The lowest BCUT2D eigenvalue weighted by atomic mass is 10.2. The highest BCUT2D eigenvalue weighted by Gasteiger charge is 2.14. The van der Waals surface area contributed by atoms with E-state index in [2.05, 4.69) is 15.9 Å². The Bertz CT molecular complexity index is 500. The molecule has 0 N–H and O–H groups in total. The predicted molar refractivity (Wildman–Crippen MR) is 64.6 cm³/mol. The summed E-state index contributed by atoms with van der Waals surface area (Å²) in [6.45, 7) is 0. The second-order valence-corrected chi connectivity index (χ2v) is 6.89. The number of hydrogen-bond donors (Lipinski definition) is 0. The van der Waals surface area contributed by atoms with E-state index in [1.807, 2.05) is 28.7 Å². The molecule has 0 atom stereocenters. The van der Waals surface area contributed by atoms with Gasteiger partial charge in [0.1, 0.15) is 6.07 Å². The van der Waals surface area contributed by atoms with Crippen LogP contribution in [0.3, 0.4) is 0 Å². The van der Waals surface area contributed by atoms with E-state index in [0.717, 1.165) is 0 Å². The Balaban J connectivity index is 3.53. The summed E-state index contributed by atoms with van der Waals surface area (Å²) in [5.41, 5.74) is 0.398. The molecule has 0 amide bonds. The number of nitrogens with zero attached hydrogens (tertiary/aromatic N) is 1. The van der Waals surface area contributed by atoms with Crippen molar-refractivity contribution >= 4 is 58.3 Å². The van der Waals surface area contributed by atoms with E-state index in [1.165, 1.54) is 12.1 Å². The summed E-state index contributed by atoms with van der Waals surface area (Å²) >= 11 is 4.98. The molecule has 0 aliphatic rings. The summed E-state index contributed by atoms with van der Waals surface area (Å²) in [5, 5.41) is 8.73. The molecule has 0 bridgehead atoms. The molecule has 0 aliphatic carbocycles. The average molecular weight is 406 g/mol. The van der Waals surface area contributed by atoms with E-state index in [0.29, 0.717) is 13.6 Å². The molecular weight excluding hydrogens is 404 g/mol. The van der Waals surface area contributed by atoms with Crippen LogP contribution in [-0.4, -0.2) is 8.42 Å². The fourth-order valence-corrected chi connectivity index (χ4v) is 3.61. The van der Waals surface area contributed by atoms with Crippen molar-refractivity contribution in [2.75, 3.05) is 0 Å². The highest BCUT2D eigenvalue weighted by molar-refractivity contribution is 14.1. The Labute approximate surface area is 108 Å². The Hall–Kier alpha value is 0.160. The molecule has 0 spiro atoms. The maximum absolute atomic E-state index is 11.0. The molecule has 0 saturated carbocycles. The second kappa shape index (κ2) is 4.35. The van der Waals surface area contributed by atoms with Gasteiger partial charge in [0, 0.05) is 18.7 Å². The summed E-state index contributed by atoms with van der Waals surface area (Å²) < 4.78 is 23.0. The van der Waals surface area contributed by atoms with E-state index >= 15 is 0 Å². The van der Waals surface area contributed by atoms with Gasteiger partial charge in [-0.3, -0.25) is 0 Å². The number of benzene rings is 1. The van der Waals surface area contributed by atoms with Crippen molar-refractivity contribution in [3.8, 4) is 6.07 Å². The number of hydrogen-bond acceptors (Lipinski definition) is 3. The highest BCUT2D eigenvalue weighted by atomic mass is 127. The first-order valence-corrected chi connectivity index (χ1v) is 7.38.